The largest absolute Gasteiger partial charge is 0.386 e. The van der Waals surface area contributed by atoms with Gasteiger partial charge in [-0.25, -0.2) is 0 Å². The molecule has 0 aliphatic heterocycles. The fourth-order valence-electron chi connectivity index (χ4n) is 1.67. The van der Waals surface area contributed by atoms with Crippen molar-refractivity contribution in [3.8, 4) is 0 Å². The molecule has 0 saturated carbocycles. The fourth-order valence-corrected chi connectivity index (χ4v) is 3.13. The van der Waals surface area contributed by atoms with Crippen LogP contribution in [-0.4, -0.2) is 31.0 Å². The Bertz CT molecular complexity index is 456. The van der Waals surface area contributed by atoms with E-state index >= 15 is 0 Å². The summed E-state index contributed by atoms with van der Waals surface area (Å²) in [4.78, 5) is 11.2. The van der Waals surface area contributed by atoms with Crippen molar-refractivity contribution >= 4 is 13.5 Å². The summed E-state index contributed by atoms with van der Waals surface area (Å²) in [5, 5.41) is 12.7. The minimum atomic E-state index is -3.65. The predicted molar refractivity (Wildman–Crippen MR) is 70.6 cm³/mol. The summed E-state index contributed by atoms with van der Waals surface area (Å²) < 4.78 is 22.1. The molecular formula is C12H18NO5P. The van der Waals surface area contributed by atoms with Crippen molar-refractivity contribution < 1.29 is 23.5 Å². The zero-order valence-electron chi connectivity index (χ0n) is 11.1. The molecule has 1 aromatic rings. The van der Waals surface area contributed by atoms with Crippen molar-refractivity contribution in [2.24, 2.45) is 0 Å². The molecule has 0 bridgehead atoms. The molecule has 106 valence electrons. The first-order valence-corrected chi connectivity index (χ1v) is 7.27. The van der Waals surface area contributed by atoms with Crippen LogP contribution in [0.2, 0.25) is 0 Å². The number of nitrogens with one attached hydrogen (secondary N) is 1. The van der Waals surface area contributed by atoms with Gasteiger partial charge in [0.05, 0.1) is 0 Å². The van der Waals surface area contributed by atoms with E-state index < -0.39 is 25.4 Å². The molecule has 0 unspecified atom stereocenters. The topological polar surface area (TPSA) is 84.9 Å². The number of rotatable bonds is 6. The maximum absolute atomic E-state index is 12.4. The van der Waals surface area contributed by atoms with E-state index in [9.17, 15) is 14.5 Å². The fraction of sp³-hybridized carbons (Fsp3) is 0.417. The van der Waals surface area contributed by atoms with Crippen molar-refractivity contribution in [1.29, 1.82) is 0 Å². The van der Waals surface area contributed by atoms with E-state index in [1.54, 1.807) is 30.3 Å². The average molecular weight is 287 g/mol. The van der Waals surface area contributed by atoms with Crippen molar-refractivity contribution in [2.75, 3.05) is 14.2 Å². The molecule has 0 aromatic heterocycles. The molecule has 0 radical (unpaired) electrons. The van der Waals surface area contributed by atoms with Crippen LogP contribution >= 0.6 is 7.60 Å². The normalized spacial score (nSPS) is 14.7. The second-order valence-corrected chi connectivity index (χ2v) is 6.27. The van der Waals surface area contributed by atoms with E-state index in [4.69, 9.17) is 9.05 Å². The van der Waals surface area contributed by atoms with Crippen LogP contribution in [0.1, 0.15) is 18.6 Å². The highest BCUT2D eigenvalue weighted by atomic mass is 31.2. The van der Waals surface area contributed by atoms with Gasteiger partial charge in [-0.05, 0) is 5.56 Å². The van der Waals surface area contributed by atoms with Crippen LogP contribution in [0.25, 0.3) is 0 Å². The lowest BCUT2D eigenvalue weighted by molar-refractivity contribution is -0.120. The highest BCUT2D eigenvalue weighted by Crippen LogP contribution is 2.54. The minimum Gasteiger partial charge on any atom is -0.386 e. The Labute approximate surface area is 112 Å². The Morgan fingerprint density at radius 1 is 1.26 bits per heavy atom. The van der Waals surface area contributed by atoms with E-state index in [2.05, 4.69) is 5.32 Å². The van der Waals surface area contributed by atoms with E-state index in [-0.39, 0.29) is 0 Å². The molecular weight excluding hydrogens is 269 g/mol. The van der Waals surface area contributed by atoms with Gasteiger partial charge in [0.15, 0.2) is 5.78 Å². The summed E-state index contributed by atoms with van der Waals surface area (Å²) in [7, 11) is -1.24. The van der Waals surface area contributed by atoms with E-state index in [0.29, 0.717) is 5.56 Å². The van der Waals surface area contributed by atoms with Gasteiger partial charge in [-0.1, -0.05) is 30.3 Å². The van der Waals surface area contributed by atoms with Crippen molar-refractivity contribution in [1.82, 2.24) is 5.32 Å². The lowest BCUT2D eigenvalue weighted by atomic mass is 10.1. The summed E-state index contributed by atoms with van der Waals surface area (Å²) >= 11 is 0. The third-order valence-corrected chi connectivity index (χ3v) is 4.75. The van der Waals surface area contributed by atoms with Gasteiger partial charge in [0.2, 0.25) is 5.91 Å². The van der Waals surface area contributed by atoms with Crippen LogP contribution in [0.5, 0.6) is 0 Å². The third-order valence-electron chi connectivity index (χ3n) is 2.64. The maximum atomic E-state index is 12.4. The number of hydrogen-bond acceptors (Lipinski definition) is 5. The number of aliphatic hydroxyl groups is 1. The maximum Gasteiger partial charge on any atom is 0.355 e. The van der Waals surface area contributed by atoms with Gasteiger partial charge in [0.1, 0.15) is 6.10 Å². The van der Waals surface area contributed by atoms with Crippen molar-refractivity contribution in [3.05, 3.63) is 35.9 Å². The van der Waals surface area contributed by atoms with Gasteiger partial charge in [-0.15, -0.1) is 0 Å². The first-order valence-electron chi connectivity index (χ1n) is 5.66. The molecule has 1 aromatic carbocycles. The Kier molecular flexibility index (Phi) is 5.69. The number of amides is 1. The summed E-state index contributed by atoms with van der Waals surface area (Å²) in [6, 6.07) is 8.57. The molecule has 0 aliphatic carbocycles. The number of hydrogen-bond donors (Lipinski definition) is 2. The average Bonchev–Trinajstić information content (AvgIpc) is 2.44. The molecule has 0 aliphatic rings. The highest BCUT2D eigenvalue weighted by molar-refractivity contribution is 7.54. The van der Waals surface area contributed by atoms with Gasteiger partial charge in [-0.2, -0.15) is 0 Å². The van der Waals surface area contributed by atoms with Crippen LogP contribution in [0.15, 0.2) is 30.3 Å². The Morgan fingerprint density at radius 2 is 1.79 bits per heavy atom. The smallest absolute Gasteiger partial charge is 0.355 e. The summed E-state index contributed by atoms with van der Waals surface area (Å²) in [6.07, 6.45) is -1.20. The van der Waals surface area contributed by atoms with Crippen LogP contribution in [-0.2, 0) is 18.4 Å². The SMILES string of the molecule is COP(=O)(OC)[C@@H](NC(C)=O)[C@H](O)c1ccccc1. The summed E-state index contributed by atoms with van der Waals surface area (Å²) in [5.74, 6) is -1.60. The van der Waals surface area contributed by atoms with E-state index in [1.807, 2.05) is 0 Å². The first kappa shape index (κ1) is 15.9. The highest BCUT2D eigenvalue weighted by Gasteiger charge is 2.40. The number of aliphatic hydroxyl groups excluding tert-OH is 1. The van der Waals surface area contributed by atoms with Crippen molar-refractivity contribution in [2.45, 2.75) is 18.8 Å². The van der Waals surface area contributed by atoms with E-state index in [1.165, 1.54) is 21.1 Å². The molecule has 1 amide bonds. The number of benzene rings is 1. The molecule has 1 rings (SSSR count). The summed E-state index contributed by atoms with van der Waals surface area (Å²) in [5.41, 5.74) is 0.510. The lowest BCUT2D eigenvalue weighted by Gasteiger charge is -2.28. The molecule has 0 spiro atoms. The van der Waals surface area contributed by atoms with Crippen LogP contribution in [0, 0.1) is 0 Å². The standard InChI is InChI=1S/C12H18NO5P/c1-9(14)13-12(19(16,17-2)18-3)11(15)10-7-5-4-6-8-10/h4-8,11-12,15H,1-3H3,(H,13,14)/t11-,12-/m1/s1. The minimum absolute atomic E-state index is 0.436. The van der Waals surface area contributed by atoms with E-state index in [0.717, 1.165) is 0 Å². The van der Waals surface area contributed by atoms with Gasteiger partial charge in [0.25, 0.3) is 0 Å². The predicted octanol–water partition coefficient (Wildman–Crippen LogP) is 1.67. The van der Waals surface area contributed by atoms with Crippen LogP contribution in [0.3, 0.4) is 0 Å². The third kappa shape index (κ3) is 3.88. The monoisotopic (exact) mass is 287 g/mol. The molecule has 0 saturated heterocycles. The Balaban J connectivity index is 3.10. The van der Waals surface area contributed by atoms with Crippen LogP contribution < -0.4 is 5.32 Å². The van der Waals surface area contributed by atoms with Crippen LogP contribution in [0.4, 0.5) is 0 Å². The molecule has 0 heterocycles. The summed E-state index contributed by atoms with van der Waals surface area (Å²) in [6.45, 7) is 1.26. The second kappa shape index (κ2) is 6.82. The molecule has 2 N–H and O–H groups in total. The van der Waals surface area contributed by atoms with Gasteiger partial charge < -0.3 is 19.5 Å². The van der Waals surface area contributed by atoms with Gasteiger partial charge >= 0.3 is 7.60 Å². The Hall–Kier alpha value is -1.20. The Morgan fingerprint density at radius 3 is 2.21 bits per heavy atom. The van der Waals surface area contributed by atoms with Crippen molar-refractivity contribution in [3.63, 3.8) is 0 Å². The first-order chi connectivity index (χ1) is 8.94. The second-order valence-electron chi connectivity index (χ2n) is 3.91. The zero-order chi connectivity index (χ0) is 14.5. The van der Waals surface area contributed by atoms with Gasteiger partial charge in [0, 0.05) is 21.1 Å². The zero-order valence-corrected chi connectivity index (χ0v) is 12.0. The molecule has 2 atom stereocenters. The molecule has 6 nitrogen and oxygen atoms in total. The molecule has 0 fully saturated rings. The number of carbonyl (C=O) groups is 1. The quantitative estimate of drug-likeness (QED) is 0.777. The lowest BCUT2D eigenvalue weighted by Crippen LogP contribution is -2.38. The molecule has 7 heteroatoms. The van der Waals surface area contributed by atoms with Gasteiger partial charge in [-0.3, -0.25) is 9.36 Å². The molecule has 19 heavy (non-hydrogen) atoms. The number of carbonyl (C=O) groups excluding carboxylic acids is 1.